The minimum absolute atomic E-state index is 0.324. The van der Waals surface area contributed by atoms with E-state index >= 15 is 0 Å². The Hall–Kier alpha value is -1.15. The number of benzene rings is 1. The zero-order valence-corrected chi connectivity index (χ0v) is 7.77. The summed E-state index contributed by atoms with van der Waals surface area (Å²) < 4.78 is 13.3. The number of nitrogens with zero attached hydrogens (tertiary/aromatic N) is 1. The number of aromatic nitrogens is 1. The van der Waals surface area contributed by atoms with E-state index in [9.17, 15) is 4.39 Å². The predicted octanol–water partition coefficient (Wildman–Crippen LogP) is 3.34. The monoisotopic (exact) mass is 195 g/mol. The molecule has 3 heteroatoms. The van der Waals surface area contributed by atoms with Crippen molar-refractivity contribution >= 4 is 22.5 Å². The number of halogens is 2. The van der Waals surface area contributed by atoms with Crippen LogP contribution in [0.15, 0.2) is 24.3 Å². The summed E-state index contributed by atoms with van der Waals surface area (Å²) in [6.45, 7) is 1.83. The Morgan fingerprint density at radius 3 is 2.92 bits per heavy atom. The van der Waals surface area contributed by atoms with E-state index in [1.165, 1.54) is 6.07 Å². The summed E-state index contributed by atoms with van der Waals surface area (Å²) in [7, 11) is 0. The molecule has 66 valence electrons. The number of rotatable bonds is 0. The number of pyridine rings is 1. The molecule has 1 aromatic carbocycles. The molecule has 0 saturated carbocycles. The first kappa shape index (κ1) is 8.45. The molecule has 1 heterocycles. The molecule has 13 heavy (non-hydrogen) atoms. The lowest BCUT2D eigenvalue weighted by Crippen LogP contribution is -1.87. The van der Waals surface area contributed by atoms with E-state index in [1.807, 2.05) is 6.92 Å². The third-order valence-electron chi connectivity index (χ3n) is 1.86. The van der Waals surface area contributed by atoms with E-state index in [0.717, 1.165) is 5.69 Å². The Balaban J connectivity index is 2.94. The topological polar surface area (TPSA) is 12.9 Å². The van der Waals surface area contributed by atoms with E-state index in [4.69, 9.17) is 11.6 Å². The first-order valence-electron chi connectivity index (χ1n) is 3.90. The molecule has 0 spiro atoms. The van der Waals surface area contributed by atoms with Gasteiger partial charge in [0.05, 0.1) is 15.9 Å². The van der Waals surface area contributed by atoms with Gasteiger partial charge >= 0.3 is 0 Å². The van der Waals surface area contributed by atoms with Crippen LogP contribution in [-0.2, 0) is 0 Å². The minimum atomic E-state index is -0.324. The highest BCUT2D eigenvalue weighted by atomic mass is 35.5. The average molecular weight is 196 g/mol. The van der Waals surface area contributed by atoms with Gasteiger partial charge < -0.3 is 0 Å². The molecule has 0 fully saturated rings. The Kier molecular flexibility index (Phi) is 1.93. The molecule has 0 aliphatic rings. The maximum Gasteiger partial charge on any atom is 0.134 e. The molecule has 1 aromatic heterocycles. The standard InChI is InChI=1S/C10H7ClFN/c1-6-5-7(11)10-8(12)3-2-4-9(10)13-6/h2-5H,1H3. The normalized spacial score (nSPS) is 10.7. The quantitative estimate of drug-likeness (QED) is 0.628. The largest absolute Gasteiger partial charge is 0.253 e. The van der Waals surface area contributed by atoms with E-state index in [2.05, 4.69) is 4.98 Å². The van der Waals surface area contributed by atoms with Crippen molar-refractivity contribution in [2.75, 3.05) is 0 Å². The van der Waals surface area contributed by atoms with Gasteiger partial charge in [-0.15, -0.1) is 0 Å². The number of aryl methyl sites for hydroxylation is 1. The van der Waals surface area contributed by atoms with Gasteiger partial charge in [0.25, 0.3) is 0 Å². The Bertz CT molecular complexity index is 468. The van der Waals surface area contributed by atoms with E-state index < -0.39 is 0 Å². The lowest BCUT2D eigenvalue weighted by atomic mass is 10.2. The van der Waals surface area contributed by atoms with Crippen LogP contribution in [0.25, 0.3) is 10.9 Å². The summed E-state index contributed by atoms with van der Waals surface area (Å²) in [6, 6.07) is 6.41. The van der Waals surface area contributed by atoms with Gasteiger partial charge in [-0.05, 0) is 25.1 Å². The van der Waals surface area contributed by atoms with Gasteiger partial charge in [-0.3, -0.25) is 4.98 Å². The summed E-state index contributed by atoms with van der Waals surface area (Å²) >= 11 is 5.89. The molecule has 0 aliphatic carbocycles. The van der Waals surface area contributed by atoms with E-state index in [-0.39, 0.29) is 5.82 Å². The van der Waals surface area contributed by atoms with Gasteiger partial charge in [0.15, 0.2) is 0 Å². The van der Waals surface area contributed by atoms with Crippen LogP contribution in [0.1, 0.15) is 5.69 Å². The lowest BCUT2D eigenvalue weighted by molar-refractivity contribution is 0.639. The molecule has 0 saturated heterocycles. The van der Waals surface area contributed by atoms with Gasteiger partial charge in [-0.25, -0.2) is 4.39 Å². The molecule has 0 unspecified atom stereocenters. The maximum atomic E-state index is 13.3. The SMILES string of the molecule is Cc1cc(Cl)c2c(F)cccc2n1. The van der Waals surface area contributed by atoms with E-state index in [0.29, 0.717) is 15.9 Å². The molecular formula is C10H7ClFN. The van der Waals surface area contributed by atoms with Crippen LogP contribution in [0.2, 0.25) is 5.02 Å². The highest BCUT2D eigenvalue weighted by molar-refractivity contribution is 6.35. The highest BCUT2D eigenvalue weighted by Gasteiger charge is 2.05. The number of fused-ring (bicyclic) bond motifs is 1. The molecule has 0 atom stereocenters. The molecule has 0 amide bonds. The average Bonchev–Trinajstić information content (AvgIpc) is 2.02. The number of hydrogen-bond donors (Lipinski definition) is 0. The third kappa shape index (κ3) is 1.38. The highest BCUT2D eigenvalue weighted by Crippen LogP contribution is 2.25. The molecule has 0 bridgehead atoms. The van der Waals surface area contributed by atoms with Crippen molar-refractivity contribution in [3.05, 3.63) is 40.8 Å². The molecule has 0 N–H and O–H groups in total. The lowest BCUT2D eigenvalue weighted by Gasteiger charge is -2.02. The van der Waals surface area contributed by atoms with Gasteiger partial charge in [0.1, 0.15) is 5.82 Å². The molecule has 0 aliphatic heterocycles. The maximum absolute atomic E-state index is 13.3. The summed E-state index contributed by atoms with van der Waals surface area (Å²) in [5.41, 5.74) is 1.40. The molecular weight excluding hydrogens is 189 g/mol. The third-order valence-corrected chi connectivity index (χ3v) is 2.16. The molecule has 2 rings (SSSR count). The van der Waals surface area contributed by atoms with E-state index in [1.54, 1.807) is 18.2 Å². The van der Waals surface area contributed by atoms with Crippen LogP contribution >= 0.6 is 11.6 Å². The van der Waals surface area contributed by atoms with Crippen molar-refractivity contribution in [3.8, 4) is 0 Å². The smallest absolute Gasteiger partial charge is 0.134 e. The molecule has 1 nitrogen and oxygen atoms in total. The minimum Gasteiger partial charge on any atom is -0.253 e. The zero-order chi connectivity index (χ0) is 9.42. The Morgan fingerprint density at radius 2 is 2.15 bits per heavy atom. The summed E-state index contributed by atoms with van der Waals surface area (Å²) in [5.74, 6) is -0.324. The van der Waals surface area contributed by atoms with Crippen LogP contribution in [-0.4, -0.2) is 4.98 Å². The second-order valence-corrected chi connectivity index (χ2v) is 3.29. The fraction of sp³-hybridized carbons (Fsp3) is 0.100. The van der Waals surface area contributed by atoms with Gasteiger partial charge in [-0.2, -0.15) is 0 Å². The van der Waals surface area contributed by atoms with Crippen LogP contribution in [0.3, 0.4) is 0 Å². The fourth-order valence-corrected chi connectivity index (χ4v) is 1.67. The van der Waals surface area contributed by atoms with Gasteiger partial charge in [0, 0.05) is 5.69 Å². The fourth-order valence-electron chi connectivity index (χ4n) is 1.32. The van der Waals surface area contributed by atoms with Crippen molar-refractivity contribution in [3.63, 3.8) is 0 Å². The van der Waals surface area contributed by atoms with Gasteiger partial charge in [0.2, 0.25) is 0 Å². The summed E-state index contributed by atoms with van der Waals surface area (Å²) in [6.07, 6.45) is 0. The second kappa shape index (κ2) is 2.96. The van der Waals surface area contributed by atoms with Gasteiger partial charge in [-0.1, -0.05) is 17.7 Å². The van der Waals surface area contributed by atoms with Crippen LogP contribution < -0.4 is 0 Å². The Morgan fingerprint density at radius 1 is 1.38 bits per heavy atom. The van der Waals surface area contributed by atoms with Crippen molar-refractivity contribution in [2.45, 2.75) is 6.92 Å². The van der Waals surface area contributed by atoms with Crippen molar-refractivity contribution in [1.82, 2.24) is 4.98 Å². The first-order chi connectivity index (χ1) is 6.18. The van der Waals surface area contributed by atoms with Crippen LogP contribution in [0, 0.1) is 12.7 Å². The molecule has 0 radical (unpaired) electrons. The summed E-state index contributed by atoms with van der Waals surface area (Å²) in [4.78, 5) is 4.17. The Labute approximate surface area is 80.2 Å². The van der Waals surface area contributed by atoms with Crippen LogP contribution in [0.5, 0.6) is 0 Å². The van der Waals surface area contributed by atoms with Crippen molar-refractivity contribution in [1.29, 1.82) is 0 Å². The zero-order valence-electron chi connectivity index (χ0n) is 7.01. The second-order valence-electron chi connectivity index (χ2n) is 2.88. The first-order valence-corrected chi connectivity index (χ1v) is 4.27. The van der Waals surface area contributed by atoms with Crippen molar-refractivity contribution < 1.29 is 4.39 Å². The number of hydrogen-bond acceptors (Lipinski definition) is 1. The van der Waals surface area contributed by atoms with Crippen LogP contribution in [0.4, 0.5) is 4.39 Å². The summed E-state index contributed by atoms with van der Waals surface area (Å²) in [5, 5.41) is 0.815. The van der Waals surface area contributed by atoms with Crippen molar-refractivity contribution in [2.24, 2.45) is 0 Å². The predicted molar refractivity (Wildman–Crippen MR) is 51.4 cm³/mol. The molecule has 2 aromatic rings.